The summed E-state index contributed by atoms with van der Waals surface area (Å²) in [5, 5.41) is 2.20. The van der Waals surface area contributed by atoms with Crippen LogP contribution in [-0.4, -0.2) is 0 Å². The van der Waals surface area contributed by atoms with Crippen LogP contribution >= 0.6 is 11.3 Å². The van der Waals surface area contributed by atoms with Crippen LogP contribution in [0.1, 0.15) is 86.8 Å². The highest BCUT2D eigenvalue weighted by Gasteiger charge is 1.99. The van der Waals surface area contributed by atoms with Gasteiger partial charge in [-0.2, -0.15) is 0 Å². The highest BCUT2D eigenvalue weighted by atomic mass is 32.1. The molecule has 0 fully saturated rings. The van der Waals surface area contributed by atoms with Gasteiger partial charge >= 0.3 is 0 Å². The van der Waals surface area contributed by atoms with Gasteiger partial charge in [-0.3, -0.25) is 0 Å². The summed E-state index contributed by atoms with van der Waals surface area (Å²) in [6.45, 7) is 26.1. The number of benzene rings is 3. The van der Waals surface area contributed by atoms with Gasteiger partial charge in [0.05, 0.1) is 0 Å². The highest BCUT2D eigenvalue weighted by Crippen LogP contribution is 2.18. The third-order valence-electron chi connectivity index (χ3n) is 7.83. The zero-order valence-corrected chi connectivity index (χ0v) is 27.1. The Labute approximate surface area is 239 Å². The molecule has 0 atom stereocenters. The van der Waals surface area contributed by atoms with Crippen molar-refractivity contribution in [2.75, 3.05) is 0 Å². The summed E-state index contributed by atoms with van der Waals surface area (Å²) in [5.74, 6) is 0. The maximum atomic E-state index is 2.22. The zero-order chi connectivity index (χ0) is 28.8. The molecular formula is C37H52S. The molecular weight excluding hydrogens is 476 g/mol. The fourth-order valence-electron chi connectivity index (χ4n) is 4.23. The first kappa shape index (κ1) is 33.4. The topological polar surface area (TPSA) is 0 Å². The minimum Gasteiger partial charge on any atom is -0.149 e. The van der Waals surface area contributed by atoms with Crippen LogP contribution in [0.25, 0.3) is 0 Å². The smallest absolute Gasteiger partial charge is 0.00461 e. The van der Waals surface area contributed by atoms with Gasteiger partial charge in [0.1, 0.15) is 0 Å². The molecule has 0 unspecified atom stereocenters. The maximum absolute atomic E-state index is 2.22. The molecule has 0 radical (unpaired) electrons. The number of thiophene rings is 1. The van der Waals surface area contributed by atoms with Gasteiger partial charge in [-0.15, -0.1) is 11.3 Å². The summed E-state index contributed by atoms with van der Waals surface area (Å²) in [6.07, 6.45) is 3.45. The Hall–Kier alpha value is -2.64. The molecule has 0 spiro atoms. The molecule has 38 heavy (non-hydrogen) atoms. The van der Waals surface area contributed by atoms with Crippen molar-refractivity contribution in [3.05, 3.63) is 126 Å². The summed E-state index contributed by atoms with van der Waals surface area (Å²) >= 11 is 1.83. The number of rotatable bonds is 3. The van der Waals surface area contributed by atoms with Gasteiger partial charge in [-0.05, 0) is 148 Å². The van der Waals surface area contributed by atoms with Gasteiger partial charge in [-0.1, -0.05) is 75.4 Å². The van der Waals surface area contributed by atoms with Crippen LogP contribution in [-0.2, 0) is 19.3 Å². The summed E-state index contributed by atoms with van der Waals surface area (Å²) < 4.78 is 0. The first-order valence-electron chi connectivity index (χ1n) is 14.1. The summed E-state index contributed by atoms with van der Waals surface area (Å²) in [4.78, 5) is 1.45. The average Bonchev–Trinajstić information content (AvgIpc) is 3.21. The second-order valence-electron chi connectivity index (χ2n) is 10.2. The SMILES string of the molecule is CCc1cccc(C)c1C.CCc1cccc(CC)c1C.Cc1cccc(C)c1C.Cc1csc(C)c1C. The molecule has 0 saturated carbocycles. The Morgan fingerprint density at radius 1 is 0.421 bits per heavy atom. The Kier molecular flexibility index (Phi) is 15.0. The molecule has 206 valence electrons. The predicted molar refractivity (Wildman–Crippen MR) is 174 cm³/mol. The summed E-state index contributed by atoms with van der Waals surface area (Å²) in [5.41, 5.74) is 15.8. The van der Waals surface area contributed by atoms with Gasteiger partial charge in [0, 0.05) is 4.88 Å². The van der Waals surface area contributed by atoms with Crippen molar-refractivity contribution in [2.45, 2.75) is 102 Å². The van der Waals surface area contributed by atoms with Crippen molar-refractivity contribution in [1.29, 1.82) is 0 Å². The average molecular weight is 529 g/mol. The normalized spacial score (nSPS) is 9.89. The molecule has 0 nitrogen and oxygen atoms in total. The van der Waals surface area contributed by atoms with Crippen molar-refractivity contribution in [3.8, 4) is 0 Å². The minimum atomic E-state index is 1.15. The molecule has 0 bridgehead atoms. The molecule has 0 aliphatic heterocycles. The molecule has 4 aromatic rings. The number of aryl methyl sites for hydroxylation is 8. The van der Waals surface area contributed by atoms with Gasteiger partial charge in [-0.25, -0.2) is 0 Å². The zero-order valence-electron chi connectivity index (χ0n) is 26.3. The summed E-state index contributed by atoms with van der Waals surface area (Å²) in [7, 11) is 0. The third kappa shape index (κ3) is 10.3. The Morgan fingerprint density at radius 2 is 0.789 bits per heavy atom. The van der Waals surface area contributed by atoms with Crippen LogP contribution in [0, 0.1) is 62.3 Å². The van der Waals surface area contributed by atoms with E-state index >= 15 is 0 Å². The van der Waals surface area contributed by atoms with Crippen LogP contribution in [0.15, 0.2) is 60.0 Å². The van der Waals surface area contributed by atoms with Crippen molar-refractivity contribution in [1.82, 2.24) is 0 Å². The monoisotopic (exact) mass is 528 g/mol. The van der Waals surface area contributed by atoms with E-state index < -0.39 is 0 Å². The Bertz CT molecular complexity index is 1190. The molecule has 0 aliphatic carbocycles. The van der Waals surface area contributed by atoms with Crippen molar-refractivity contribution in [2.24, 2.45) is 0 Å². The Morgan fingerprint density at radius 3 is 1.08 bits per heavy atom. The lowest BCUT2D eigenvalue weighted by molar-refractivity contribution is 1.05. The highest BCUT2D eigenvalue weighted by molar-refractivity contribution is 7.10. The van der Waals surface area contributed by atoms with Crippen LogP contribution in [0.4, 0.5) is 0 Å². The first-order valence-corrected chi connectivity index (χ1v) is 15.0. The molecule has 1 aromatic heterocycles. The molecule has 1 heterocycles. The molecule has 0 N–H and O–H groups in total. The van der Waals surface area contributed by atoms with Gasteiger partial charge in [0.15, 0.2) is 0 Å². The maximum Gasteiger partial charge on any atom is 0.00461 e. The van der Waals surface area contributed by atoms with Crippen molar-refractivity contribution >= 4 is 11.3 Å². The van der Waals surface area contributed by atoms with E-state index in [4.69, 9.17) is 0 Å². The van der Waals surface area contributed by atoms with E-state index in [0.29, 0.717) is 0 Å². The largest absolute Gasteiger partial charge is 0.149 e. The second kappa shape index (κ2) is 17.0. The van der Waals surface area contributed by atoms with E-state index in [-0.39, 0.29) is 0 Å². The lowest BCUT2D eigenvalue weighted by atomic mass is 9.99. The second-order valence-corrected chi connectivity index (χ2v) is 11.3. The standard InChI is InChI=1S/C11H16.C10H14.C9H12.C7H10S/c1-4-10-7-6-8-11(5-2)9(10)3;1-4-10-7-5-6-8(2)9(10)3;1-7-5-4-6-8(2)9(7)3;1-5-4-8-7(3)6(5)2/h6-8H,4-5H2,1-3H3;5-7H,4H2,1-3H3;4-6H,1-3H3;4H,1-3H3. The molecule has 3 aromatic carbocycles. The fourth-order valence-corrected chi connectivity index (χ4v) is 5.09. The lowest BCUT2D eigenvalue weighted by Crippen LogP contribution is -1.91. The first-order chi connectivity index (χ1) is 18.0. The lowest BCUT2D eigenvalue weighted by Gasteiger charge is -2.06. The van der Waals surface area contributed by atoms with E-state index in [1.807, 2.05) is 11.3 Å². The quantitative estimate of drug-likeness (QED) is 0.248. The third-order valence-corrected chi connectivity index (χ3v) is 8.96. The van der Waals surface area contributed by atoms with E-state index in [9.17, 15) is 0 Å². The Balaban J connectivity index is 0.000000255. The van der Waals surface area contributed by atoms with Crippen LogP contribution in [0.3, 0.4) is 0 Å². The van der Waals surface area contributed by atoms with E-state index in [2.05, 4.69) is 143 Å². The van der Waals surface area contributed by atoms with Crippen LogP contribution < -0.4 is 0 Å². The van der Waals surface area contributed by atoms with Gasteiger partial charge in [0.25, 0.3) is 0 Å². The van der Waals surface area contributed by atoms with Crippen molar-refractivity contribution in [3.63, 3.8) is 0 Å². The van der Waals surface area contributed by atoms with Gasteiger partial charge < -0.3 is 0 Å². The van der Waals surface area contributed by atoms with E-state index in [0.717, 1.165) is 19.3 Å². The number of hydrogen-bond acceptors (Lipinski definition) is 1. The fraction of sp³-hybridized carbons (Fsp3) is 0.405. The van der Waals surface area contributed by atoms with E-state index in [1.165, 1.54) is 66.1 Å². The van der Waals surface area contributed by atoms with Crippen LogP contribution in [0.2, 0.25) is 0 Å². The molecule has 4 rings (SSSR count). The summed E-state index contributed by atoms with van der Waals surface area (Å²) in [6, 6.07) is 19.5. The van der Waals surface area contributed by atoms with Crippen molar-refractivity contribution < 1.29 is 0 Å². The predicted octanol–water partition coefficient (Wildman–Crippen LogP) is 11.3. The number of hydrogen-bond donors (Lipinski definition) is 0. The van der Waals surface area contributed by atoms with Gasteiger partial charge in [0.2, 0.25) is 0 Å². The van der Waals surface area contributed by atoms with Crippen LogP contribution in [0.5, 0.6) is 0 Å². The van der Waals surface area contributed by atoms with E-state index in [1.54, 1.807) is 0 Å². The molecule has 1 heteroatoms. The molecule has 0 amide bonds. The molecule has 0 saturated heterocycles. The minimum absolute atomic E-state index is 1.15. The molecule has 0 aliphatic rings.